The van der Waals surface area contributed by atoms with Crippen LogP contribution in [-0.2, 0) is 12.0 Å². The SMILES string of the molecule is CCc1c(C)sc(C(=O)N2CCC3(CC2)Nc2ccccc2-n2cccc23)c1C. The van der Waals surface area contributed by atoms with E-state index in [0.29, 0.717) is 0 Å². The molecule has 3 aromatic rings. The van der Waals surface area contributed by atoms with Gasteiger partial charge in [0.05, 0.1) is 21.8 Å². The standard InChI is InChI=1S/C24H27N3OS/c1-4-18-16(2)22(29-17(18)3)23(28)26-14-11-24(12-15-26)21-10-7-13-27(21)20-9-6-5-8-19(20)25-24/h5-10,13,25H,4,11-12,14-15H2,1-3H3. The molecule has 2 aliphatic heterocycles. The number of benzene rings is 1. The summed E-state index contributed by atoms with van der Waals surface area (Å²) < 4.78 is 2.31. The van der Waals surface area contributed by atoms with E-state index in [4.69, 9.17) is 0 Å². The van der Waals surface area contributed by atoms with Crippen LogP contribution in [0.15, 0.2) is 42.6 Å². The van der Waals surface area contributed by atoms with Crippen molar-refractivity contribution in [2.24, 2.45) is 0 Å². The summed E-state index contributed by atoms with van der Waals surface area (Å²) in [6.07, 6.45) is 4.98. The molecule has 5 heteroatoms. The lowest BCUT2D eigenvalue weighted by molar-refractivity contribution is 0.0680. The van der Waals surface area contributed by atoms with E-state index in [1.54, 1.807) is 11.3 Å². The molecule has 29 heavy (non-hydrogen) atoms. The number of hydrogen-bond donors (Lipinski definition) is 1. The minimum Gasteiger partial charge on any atom is -0.372 e. The number of nitrogens with one attached hydrogen (secondary N) is 1. The van der Waals surface area contributed by atoms with Gasteiger partial charge in [-0.1, -0.05) is 19.1 Å². The van der Waals surface area contributed by atoms with Gasteiger partial charge in [-0.15, -0.1) is 11.3 Å². The van der Waals surface area contributed by atoms with Crippen molar-refractivity contribution in [1.29, 1.82) is 0 Å². The number of thiophene rings is 1. The van der Waals surface area contributed by atoms with Crippen molar-refractivity contribution >= 4 is 22.9 Å². The second-order valence-corrected chi connectivity index (χ2v) is 9.45. The highest BCUT2D eigenvalue weighted by atomic mass is 32.1. The number of aromatic nitrogens is 1. The molecule has 0 radical (unpaired) electrons. The quantitative estimate of drug-likeness (QED) is 0.630. The van der Waals surface area contributed by atoms with Crippen LogP contribution >= 0.6 is 11.3 Å². The maximum Gasteiger partial charge on any atom is 0.264 e. The summed E-state index contributed by atoms with van der Waals surface area (Å²) in [6.45, 7) is 7.96. The molecule has 0 bridgehead atoms. The topological polar surface area (TPSA) is 37.3 Å². The van der Waals surface area contributed by atoms with Gasteiger partial charge in [-0.05, 0) is 68.5 Å². The van der Waals surface area contributed by atoms with E-state index in [1.807, 2.05) is 0 Å². The minimum absolute atomic E-state index is 0.108. The lowest BCUT2D eigenvalue weighted by atomic mass is 9.82. The Morgan fingerprint density at radius 3 is 2.62 bits per heavy atom. The third-order valence-electron chi connectivity index (χ3n) is 6.70. The Morgan fingerprint density at radius 2 is 1.90 bits per heavy atom. The van der Waals surface area contributed by atoms with Gasteiger partial charge >= 0.3 is 0 Å². The average molecular weight is 406 g/mol. The van der Waals surface area contributed by atoms with Crippen molar-refractivity contribution < 1.29 is 4.79 Å². The number of piperidine rings is 1. The Bertz CT molecular complexity index is 1090. The number of hydrogen-bond acceptors (Lipinski definition) is 3. The van der Waals surface area contributed by atoms with Crippen molar-refractivity contribution in [3.05, 3.63) is 69.2 Å². The normalized spacial score (nSPS) is 17.0. The molecule has 0 saturated carbocycles. The van der Waals surface area contributed by atoms with Crippen molar-refractivity contribution in [2.45, 2.75) is 45.6 Å². The van der Waals surface area contributed by atoms with Gasteiger partial charge in [-0.2, -0.15) is 0 Å². The fourth-order valence-corrected chi connectivity index (χ4v) is 6.34. The van der Waals surface area contributed by atoms with Crippen LogP contribution in [0.4, 0.5) is 5.69 Å². The maximum atomic E-state index is 13.3. The molecule has 2 aromatic heterocycles. The van der Waals surface area contributed by atoms with E-state index < -0.39 is 0 Å². The molecular weight excluding hydrogens is 378 g/mol. The lowest BCUT2D eigenvalue weighted by Gasteiger charge is -2.46. The van der Waals surface area contributed by atoms with Gasteiger partial charge < -0.3 is 14.8 Å². The zero-order chi connectivity index (χ0) is 20.2. The Hall–Kier alpha value is -2.53. The van der Waals surface area contributed by atoms with Crippen LogP contribution in [0.25, 0.3) is 5.69 Å². The summed E-state index contributed by atoms with van der Waals surface area (Å²) in [6, 6.07) is 12.8. The van der Waals surface area contributed by atoms with E-state index in [1.165, 1.54) is 33.1 Å². The van der Waals surface area contributed by atoms with Crippen molar-refractivity contribution in [3.63, 3.8) is 0 Å². The number of anilines is 1. The van der Waals surface area contributed by atoms with Gasteiger partial charge in [-0.3, -0.25) is 4.79 Å². The van der Waals surface area contributed by atoms with Crippen molar-refractivity contribution in [1.82, 2.24) is 9.47 Å². The first-order valence-corrected chi connectivity index (χ1v) is 11.3. The van der Waals surface area contributed by atoms with Gasteiger partial charge in [0.1, 0.15) is 0 Å². The van der Waals surface area contributed by atoms with Crippen LogP contribution in [0.2, 0.25) is 0 Å². The Labute approximate surface area is 176 Å². The number of rotatable bonds is 2. The smallest absolute Gasteiger partial charge is 0.264 e. The summed E-state index contributed by atoms with van der Waals surface area (Å²) in [7, 11) is 0. The molecular formula is C24H27N3OS. The summed E-state index contributed by atoms with van der Waals surface area (Å²) in [5.74, 6) is 0.205. The van der Waals surface area contributed by atoms with Gasteiger partial charge in [0, 0.05) is 29.9 Å². The molecule has 4 nitrogen and oxygen atoms in total. The highest BCUT2D eigenvalue weighted by molar-refractivity contribution is 7.14. The Kier molecular flexibility index (Phi) is 4.32. The molecule has 150 valence electrons. The van der Waals surface area contributed by atoms with Crippen LogP contribution < -0.4 is 5.32 Å². The van der Waals surface area contributed by atoms with E-state index >= 15 is 0 Å². The van der Waals surface area contributed by atoms with E-state index in [2.05, 4.69) is 78.2 Å². The summed E-state index contributed by atoms with van der Waals surface area (Å²) >= 11 is 1.66. The second-order valence-electron chi connectivity index (χ2n) is 8.22. The first-order chi connectivity index (χ1) is 14.0. The zero-order valence-electron chi connectivity index (χ0n) is 17.3. The first kappa shape index (κ1) is 18.5. The van der Waals surface area contributed by atoms with Crippen LogP contribution in [0.3, 0.4) is 0 Å². The fourth-order valence-electron chi connectivity index (χ4n) is 5.12. The third kappa shape index (κ3) is 2.75. The molecule has 1 N–H and O–H groups in total. The summed E-state index contributed by atoms with van der Waals surface area (Å²) in [5.41, 5.74) is 6.10. The molecule has 1 aromatic carbocycles. The number of aryl methyl sites for hydroxylation is 1. The zero-order valence-corrected chi connectivity index (χ0v) is 18.1. The summed E-state index contributed by atoms with van der Waals surface area (Å²) in [4.78, 5) is 17.5. The van der Waals surface area contributed by atoms with Crippen LogP contribution in [-0.4, -0.2) is 28.5 Å². The molecule has 5 rings (SSSR count). The molecule has 1 fully saturated rings. The average Bonchev–Trinajstić information content (AvgIpc) is 3.34. The van der Waals surface area contributed by atoms with Gasteiger partial charge in [0.15, 0.2) is 0 Å². The molecule has 0 unspecified atom stereocenters. The molecule has 2 aliphatic rings. The highest BCUT2D eigenvalue weighted by Crippen LogP contribution is 2.43. The molecule has 0 atom stereocenters. The van der Waals surface area contributed by atoms with Gasteiger partial charge in [0.25, 0.3) is 5.91 Å². The van der Waals surface area contributed by atoms with E-state index in [9.17, 15) is 4.79 Å². The fraction of sp³-hybridized carbons (Fsp3) is 0.375. The predicted molar refractivity (Wildman–Crippen MR) is 119 cm³/mol. The molecule has 4 heterocycles. The number of para-hydroxylation sites is 2. The lowest BCUT2D eigenvalue weighted by Crippen LogP contribution is -2.51. The minimum atomic E-state index is -0.108. The van der Waals surface area contributed by atoms with Gasteiger partial charge in [0.2, 0.25) is 0 Å². The predicted octanol–water partition coefficient (Wildman–Crippen LogP) is 5.28. The molecule has 0 aliphatic carbocycles. The Morgan fingerprint density at radius 1 is 1.14 bits per heavy atom. The number of carbonyl (C=O) groups is 1. The van der Waals surface area contributed by atoms with Crippen LogP contribution in [0, 0.1) is 13.8 Å². The largest absolute Gasteiger partial charge is 0.372 e. The van der Waals surface area contributed by atoms with Crippen LogP contribution in [0.5, 0.6) is 0 Å². The third-order valence-corrected chi connectivity index (χ3v) is 7.94. The second kappa shape index (κ2) is 6.77. The Balaban J connectivity index is 1.41. The summed E-state index contributed by atoms with van der Waals surface area (Å²) in [5, 5.41) is 3.83. The van der Waals surface area contributed by atoms with Crippen molar-refractivity contribution in [3.8, 4) is 5.69 Å². The number of carbonyl (C=O) groups excluding carboxylic acids is 1. The molecule has 1 spiro atoms. The number of nitrogens with zero attached hydrogens (tertiary/aromatic N) is 2. The van der Waals surface area contributed by atoms with E-state index in [0.717, 1.165) is 37.2 Å². The van der Waals surface area contributed by atoms with E-state index in [-0.39, 0.29) is 11.4 Å². The number of amides is 1. The van der Waals surface area contributed by atoms with Crippen LogP contribution in [0.1, 0.15) is 51.1 Å². The maximum absolute atomic E-state index is 13.3. The number of fused-ring (bicyclic) bond motifs is 4. The number of likely N-dealkylation sites (tertiary alicyclic amines) is 1. The molecule has 1 amide bonds. The van der Waals surface area contributed by atoms with Crippen molar-refractivity contribution in [2.75, 3.05) is 18.4 Å². The molecule has 1 saturated heterocycles. The van der Waals surface area contributed by atoms with Gasteiger partial charge in [-0.25, -0.2) is 0 Å². The monoisotopic (exact) mass is 405 g/mol. The first-order valence-electron chi connectivity index (χ1n) is 10.5. The highest BCUT2D eigenvalue weighted by Gasteiger charge is 2.42.